The van der Waals surface area contributed by atoms with Crippen LogP contribution in [-0.4, -0.2) is 62.4 Å². The van der Waals surface area contributed by atoms with Crippen molar-refractivity contribution in [3.63, 3.8) is 0 Å². The van der Waals surface area contributed by atoms with E-state index in [9.17, 15) is 29.4 Å². The highest BCUT2D eigenvalue weighted by Crippen LogP contribution is 2.28. The van der Waals surface area contributed by atoms with Gasteiger partial charge >= 0.3 is 12.2 Å². The molecular weight excluding hydrogens is 658 g/mol. The molecule has 0 saturated heterocycles. The molecule has 4 aromatic rings. The molecule has 0 spiro atoms. The number of phenolic OH excluding ortho intramolecular Hbond substituents is 1. The maximum atomic E-state index is 13.6. The van der Waals surface area contributed by atoms with Gasteiger partial charge in [0, 0.05) is 35.5 Å². The van der Waals surface area contributed by atoms with Gasteiger partial charge in [-0.25, -0.2) is 19.5 Å². The number of nitrogens with zero attached hydrogens (tertiary/aromatic N) is 3. The van der Waals surface area contributed by atoms with Gasteiger partial charge in [-0.2, -0.15) is 0 Å². The molecule has 0 aliphatic carbocycles. The molecule has 268 valence electrons. The third kappa shape index (κ3) is 10.1. The molecule has 3 amide bonds. The number of carbonyl (C=O) groups excluding carboxylic acids is 2. The summed E-state index contributed by atoms with van der Waals surface area (Å²) < 4.78 is 11.6. The van der Waals surface area contributed by atoms with Crippen LogP contribution in [0.4, 0.5) is 26.8 Å². The summed E-state index contributed by atoms with van der Waals surface area (Å²) in [6, 6.07) is 16.8. The first-order valence-electron chi connectivity index (χ1n) is 15.9. The van der Waals surface area contributed by atoms with E-state index < -0.39 is 35.8 Å². The Morgan fingerprint density at radius 2 is 1.69 bits per heavy atom. The molecule has 0 fully saturated rings. The Morgan fingerprint density at radius 3 is 2.27 bits per heavy atom. The highest BCUT2D eigenvalue weighted by atomic mass is 16.6. The molecule has 4 rings (SSSR count). The Bertz CT molecular complexity index is 1970. The van der Waals surface area contributed by atoms with Gasteiger partial charge in [0.15, 0.2) is 5.82 Å². The van der Waals surface area contributed by atoms with Crippen LogP contribution in [0, 0.1) is 5.41 Å². The zero-order valence-electron chi connectivity index (χ0n) is 29.1. The number of nitrogens with one attached hydrogen (secondary N) is 4. The second-order valence-corrected chi connectivity index (χ2v) is 12.7. The third-order valence-corrected chi connectivity index (χ3v) is 7.10. The van der Waals surface area contributed by atoms with Crippen LogP contribution in [-0.2, 0) is 22.6 Å². The van der Waals surface area contributed by atoms with Crippen molar-refractivity contribution in [3.8, 4) is 22.8 Å². The second-order valence-electron chi connectivity index (χ2n) is 12.7. The standard InChI is InChI=1S/C36H41N7O8/c1-21(2)40-32-33(46)42(29(19-39-32)24-15-25(17-27(44)16-24)41-34(47)51-36(3,4)5)20-30(45)38-18-22-7-11-26(12-8-22)43(35(48)49)31(37)23-9-13-28(50-6)14-10-23/h7-17,19,21,37,44H,18,20H2,1-6H3,(H,38,45)(H,39,40)(H,41,47)(H,48,49). The molecule has 15 nitrogen and oxygen atoms in total. The van der Waals surface area contributed by atoms with Crippen LogP contribution in [0.1, 0.15) is 45.7 Å². The van der Waals surface area contributed by atoms with Gasteiger partial charge < -0.3 is 30.3 Å². The number of hydrogen-bond acceptors (Lipinski definition) is 10. The van der Waals surface area contributed by atoms with Crippen molar-refractivity contribution in [2.24, 2.45) is 0 Å². The van der Waals surface area contributed by atoms with E-state index in [1.807, 2.05) is 13.8 Å². The van der Waals surface area contributed by atoms with Crippen molar-refractivity contribution in [2.45, 2.75) is 59.4 Å². The molecule has 0 aliphatic heterocycles. The average molecular weight is 700 g/mol. The lowest BCUT2D eigenvalue weighted by molar-refractivity contribution is -0.121. The molecule has 0 bridgehead atoms. The normalized spacial score (nSPS) is 11.0. The van der Waals surface area contributed by atoms with Crippen LogP contribution in [0.3, 0.4) is 0 Å². The average Bonchev–Trinajstić information content (AvgIpc) is 3.04. The van der Waals surface area contributed by atoms with Gasteiger partial charge in [-0.1, -0.05) is 12.1 Å². The van der Waals surface area contributed by atoms with E-state index in [4.69, 9.17) is 14.9 Å². The van der Waals surface area contributed by atoms with Crippen LogP contribution in [0.5, 0.6) is 11.5 Å². The van der Waals surface area contributed by atoms with Gasteiger partial charge in [0.2, 0.25) is 5.91 Å². The molecule has 0 aliphatic rings. The number of aromatic hydroxyl groups is 1. The summed E-state index contributed by atoms with van der Waals surface area (Å²) in [4.78, 5) is 56.5. The number of ether oxygens (including phenoxy) is 2. The number of amidine groups is 1. The van der Waals surface area contributed by atoms with Crippen LogP contribution in [0.15, 0.2) is 77.7 Å². The molecule has 3 aromatic carbocycles. The van der Waals surface area contributed by atoms with E-state index in [-0.39, 0.29) is 47.1 Å². The first-order valence-corrected chi connectivity index (χ1v) is 15.9. The minimum Gasteiger partial charge on any atom is -0.508 e. The fraction of sp³-hybridized carbons (Fsp3) is 0.278. The fourth-order valence-corrected chi connectivity index (χ4v) is 4.88. The highest BCUT2D eigenvalue weighted by Gasteiger charge is 2.22. The van der Waals surface area contributed by atoms with Crippen LogP contribution in [0.25, 0.3) is 11.3 Å². The summed E-state index contributed by atoms with van der Waals surface area (Å²) >= 11 is 0. The van der Waals surface area contributed by atoms with E-state index in [0.29, 0.717) is 22.4 Å². The molecule has 51 heavy (non-hydrogen) atoms. The van der Waals surface area contributed by atoms with Crippen molar-refractivity contribution >= 4 is 41.1 Å². The number of aromatic nitrogens is 2. The maximum Gasteiger partial charge on any atom is 0.417 e. The molecule has 0 atom stereocenters. The smallest absolute Gasteiger partial charge is 0.417 e. The van der Waals surface area contributed by atoms with Crippen LogP contribution < -0.4 is 31.1 Å². The number of methoxy groups -OCH3 is 1. The lowest BCUT2D eigenvalue weighted by Crippen LogP contribution is -2.36. The molecule has 1 aromatic heterocycles. The number of anilines is 3. The number of carboxylic acid groups (broad SMARTS) is 1. The number of benzene rings is 3. The molecule has 1 heterocycles. The lowest BCUT2D eigenvalue weighted by Gasteiger charge is -2.21. The van der Waals surface area contributed by atoms with Gasteiger partial charge in [0.1, 0.15) is 29.5 Å². The van der Waals surface area contributed by atoms with E-state index in [1.165, 1.54) is 48.2 Å². The summed E-state index contributed by atoms with van der Waals surface area (Å²) in [6.07, 6.45) is -0.701. The molecular formula is C36H41N7O8. The lowest BCUT2D eigenvalue weighted by atomic mass is 10.1. The Hall–Kier alpha value is -6.38. The number of phenols is 1. The monoisotopic (exact) mass is 699 g/mol. The van der Waals surface area contributed by atoms with Crippen molar-refractivity contribution in [2.75, 3.05) is 22.6 Å². The van der Waals surface area contributed by atoms with E-state index in [2.05, 4.69) is 20.9 Å². The number of rotatable bonds is 11. The Morgan fingerprint density at radius 1 is 1.02 bits per heavy atom. The van der Waals surface area contributed by atoms with Crippen molar-refractivity contribution in [1.82, 2.24) is 14.9 Å². The van der Waals surface area contributed by atoms with Gasteiger partial charge in [0.05, 0.1) is 24.7 Å². The largest absolute Gasteiger partial charge is 0.508 e. The van der Waals surface area contributed by atoms with E-state index in [0.717, 1.165) is 4.90 Å². The quantitative estimate of drug-likeness (QED) is 0.0841. The Balaban J connectivity index is 1.54. The Labute approximate surface area is 294 Å². The maximum absolute atomic E-state index is 13.6. The van der Waals surface area contributed by atoms with Gasteiger partial charge in [-0.05, 0) is 88.7 Å². The molecule has 6 N–H and O–H groups in total. The number of hydrogen-bond donors (Lipinski definition) is 6. The summed E-state index contributed by atoms with van der Waals surface area (Å²) in [6.45, 7) is 8.42. The summed E-state index contributed by atoms with van der Waals surface area (Å²) in [7, 11) is 1.51. The predicted octanol–water partition coefficient (Wildman–Crippen LogP) is 5.62. The highest BCUT2D eigenvalue weighted by molar-refractivity contribution is 6.20. The van der Waals surface area contributed by atoms with Crippen molar-refractivity contribution in [3.05, 3.63) is 94.4 Å². The zero-order chi connectivity index (χ0) is 37.5. The Kier molecular flexibility index (Phi) is 11.7. The minimum absolute atomic E-state index is 0.0209. The predicted molar refractivity (Wildman–Crippen MR) is 193 cm³/mol. The van der Waals surface area contributed by atoms with Crippen LogP contribution in [0.2, 0.25) is 0 Å². The first kappa shape index (κ1) is 37.4. The van der Waals surface area contributed by atoms with Crippen molar-refractivity contribution in [1.29, 1.82) is 5.41 Å². The van der Waals surface area contributed by atoms with E-state index in [1.54, 1.807) is 57.2 Å². The van der Waals surface area contributed by atoms with Gasteiger partial charge in [0.25, 0.3) is 5.56 Å². The minimum atomic E-state index is -1.35. The fourth-order valence-electron chi connectivity index (χ4n) is 4.88. The third-order valence-electron chi connectivity index (χ3n) is 7.10. The second kappa shape index (κ2) is 15.9. The van der Waals surface area contributed by atoms with Crippen LogP contribution >= 0.6 is 0 Å². The SMILES string of the molecule is COc1ccc(C(=N)N(C(=O)O)c2ccc(CNC(=O)Cn3c(-c4cc(O)cc(NC(=O)OC(C)(C)C)c4)cnc(NC(C)C)c3=O)cc2)cc1. The molecule has 0 radical (unpaired) electrons. The molecule has 15 heteroatoms. The molecule has 0 saturated carbocycles. The summed E-state index contributed by atoms with van der Waals surface area (Å²) in [5.74, 6) is -0.401. The van der Waals surface area contributed by atoms with E-state index >= 15 is 0 Å². The van der Waals surface area contributed by atoms with Crippen molar-refractivity contribution < 1.29 is 34.1 Å². The summed E-state index contributed by atoms with van der Waals surface area (Å²) in [5, 5.41) is 37.1. The molecule has 0 unspecified atom stereocenters. The zero-order valence-corrected chi connectivity index (χ0v) is 29.1. The summed E-state index contributed by atoms with van der Waals surface area (Å²) in [5.41, 5.74) is 0.567. The topological polar surface area (TPSA) is 208 Å². The number of amides is 3. The van der Waals surface area contributed by atoms with Gasteiger partial charge in [-0.15, -0.1) is 0 Å². The first-order chi connectivity index (χ1) is 24.0. The number of carbonyl (C=O) groups is 3. The van der Waals surface area contributed by atoms with Gasteiger partial charge in [-0.3, -0.25) is 24.9 Å².